The molecular formula is C37H37F3N4O7S. The Hall–Kier alpha value is -5.70. The molecule has 0 aromatic heterocycles. The largest absolute Gasteiger partial charge is 0.493 e. The lowest BCUT2D eigenvalue weighted by atomic mass is 10.1. The number of benzene rings is 4. The Morgan fingerprint density at radius 2 is 1.56 bits per heavy atom. The molecule has 2 atom stereocenters. The topological polar surface area (TPSA) is 160 Å². The van der Waals surface area contributed by atoms with Gasteiger partial charge in [-0.3, -0.25) is 19.3 Å². The van der Waals surface area contributed by atoms with Gasteiger partial charge in [-0.25, -0.2) is 4.79 Å². The number of halogens is 3. The third kappa shape index (κ3) is 10.7. The number of hydrogen-bond donors (Lipinski definition) is 4. The maximum atomic E-state index is 13.8. The third-order valence-corrected chi connectivity index (χ3v) is 9.22. The van der Waals surface area contributed by atoms with Crippen molar-refractivity contribution in [1.29, 1.82) is 0 Å². The van der Waals surface area contributed by atoms with Gasteiger partial charge in [-0.1, -0.05) is 54.6 Å². The van der Waals surface area contributed by atoms with Gasteiger partial charge in [-0.2, -0.15) is 13.2 Å². The molecule has 0 spiro atoms. The van der Waals surface area contributed by atoms with E-state index in [1.54, 1.807) is 43.4 Å². The fourth-order valence-corrected chi connectivity index (χ4v) is 6.62. The molecule has 1 fully saturated rings. The second-order valence-corrected chi connectivity index (χ2v) is 12.6. The van der Waals surface area contributed by atoms with E-state index in [9.17, 15) is 27.6 Å². The van der Waals surface area contributed by atoms with Crippen molar-refractivity contribution in [3.8, 4) is 11.5 Å². The number of aliphatic carboxylic acids is 1. The first kappa shape index (κ1) is 39.1. The highest BCUT2D eigenvalue weighted by molar-refractivity contribution is 8.01. The minimum Gasteiger partial charge on any atom is -0.493 e. The molecule has 3 amide bonds. The SMILES string of the molecule is COc1ccc(CCNC(=O)C[C@H]2S[C@@H](c3ccc(NCc4ccccc4)cc3)N(c3cccc(C(N)=O)c3)C2=O)cc1OC.O=C(O)C(F)(F)F. The monoisotopic (exact) mass is 738 g/mol. The maximum absolute atomic E-state index is 13.8. The summed E-state index contributed by atoms with van der Waals surface area (Å²) in [6, 6.07) is 30.4. The van der Waals surface area contributed by atoms with Gasteiger partial charge in [-0.15, -0.1) is 11.8 Å². The minimum absolute atomic E-state index is 0.0225. The number of ether oxygens (including phenoxy) is 2. The second kappa shape index (κ2) is 18.0. The predicted octanol–water partition coefficient (Wildman–Crippen LogP) is 5.94. The molecule has 0 aliphatic carbocycles. The molecule has 0 saturated carbocycles. The Kier molecular flexibility index (Phi) is 13.5. The number of rotatable bonds is 13. The number of amides is 3. The molecule has 1 aliphatic rings. The van der Waals surface area contributed by atoms with Crippen LogP contribution in [0.1, 0.15) is 38.8 Å². The van der Waals surface area contributed by atoms with Crippen LogP contribution in [0.3, 0.4) is 0 Å². The van der Waals surface area contributed by atoms with Gasteiger partial charge in [0.05, 0.1) is 19.5 Å². The van der Waals surface area contributed by atoms with Crippen molar-refractivity contribution < 1.29 is 46.9 Å². The molecule has 274 valence electrons. The lowest BCUT2D eigenvalue weighted by molar-refractivity contribution is -0.192. The van der Waals surface area contributed by atoms with Gasteiger partial charge in [-0.05, 0) is 65.6 Å². The molecule has 11 nitrogen and oxygen atoms in total. The fraction of sp³-hybridized carbons (Fsp3) is 0.243. The van der Waals surface area contributed by atoms with Crippen LogP contribution in [0.5, 0.6) is 11.5 Å². The summed E-state index contributed by atoms with van der Waals surface area (Å²) < 4.78 is 42.4. The van der Waals surface area contributed by atoms with Crippen LogP contribution in [0.15, 0.2) is 97.1 Å². The zero-order chi connectivity index (χ0) is 37.8. The van der Waals surface area contributed by atoms with Crippen LogP contribution in [0.25, 0.3) is 0 Å². The van der Waals surface area contributed by atoms with E-state index in [2.05, 4.69) is 22.8 Å². The van der Waals surface area contributed by atoms with Crippen LogP contribution >= 0.6 is 11.8 Å². The Morgan fingerprint density at radius 3 is 2.17 bits per heavy atom. The summed E-state index contributed by atoms with van der Waals surface area (Å²) in [5, 5.41) is 12.5. The highest BCUT2D eigenvalue weighted by atomic mass is 32.2. The van der Waals surface area contributed by atoms with E-state index < -0.39 is 28.7 Å². The summed E-state index contributed by atoms with van der Waals surface area (Å²) in [5.41, 5.74) is 10.4. The zero-order valence-corrected chi connectivity index (χ0v) is 29.0. The molecule has 5 rings (SSSR count). The van der Waals surface area contributed by atoms with Crippen molar-refractivity contribution in [3.63, 3.8) is 0 Å². The molecule has 5 N–H and O–H groups in total. The predicted molar refractivity (Wildman–Crippen MR) is 191 cm³/mol. The van der Waals surface area contributed by atoms with Crippen molar-refractivity contribution in [2.75, 3.05) is 31.0 Å². The lowest BCUT2D eigenvalue weighted by Crippen LogP contribution is -2.34. The van der Waals surface area contributed by atoms with Gasteiger partial charge < -0.3 is 30.9 Å². The van der Waals surface area contributed by atoms with Crippen molar-refractivity contribution >= 4 is 46.8 Å². The molecule has 1 saturated heterocycles. The standard InChI is InChI=1S/C35H36N4O5S.C2HF3O2/c1-43-29-16-11-23(19-30(29)44-2)17-18-37-32(40)21-31-34(42)39(28-10-6-9-26(20-28)33(36)41)35(45-31)25-12-14-27(15-13-25)38-22-24-7-4-3-5-8-24;3-2(4,5)1(6)7/h3-16,19-20,31,35,38H,17-18,21-22H2,1-2H3,(H2,36,41)(H,37,40);(H,6,7)/t31-,35+;/m1./s1. The molecule has 1 heterocycles. The van der Waals surface area contributed by atoms with Crippen molar-refractivity contribution in [2.24, 2.45) is 5.73 Å². The van der Waals surface area contributed by atoms with Crippen molar-refractivity contribution in [3.05, 3.63) is 119 Å². The summed E-state index contributed by atoms with van der Waals surface area (Å²) in [6.45, 7) is 1.09. The number of carbonyl (C=O) groups excluding carboxylic acids is 3. The van der Waals surface area contributed by atoms with E-state index in [1.807, 2.05) is 60.7 Å². The average Bonchev–Trinajstić information content (AvgIpc) is 3.46. The molecule has 0 radical (unpaired) electrons. The van der Waals surface area contributed by atoms with Gasteiger partial charge >= 0.3 is 12.1 Å². The van der Waals surface area contributed by atoms with Crippen LogP contribution in [-0.2, 0) is 27.3 Å². The quantitative estimate of drug-likeness (QED) is 0.130. The number of thioether (sulfide) groups is 1. The molecular weight excluding hydrogens is 701 g/mol. The maximum Gasteiger partial charge on any atom is 0.490 e. The Morgan fingerprint density at radius 1 is 0.885 bits per heavy atom. The van der Waals surface area contributed by atoms with E-state index >= 15 is 0 Å². The lowest BCUT2D eigenvalue weighted by Gasteiger charge is -2.25. The first-order chi connectivity index (χ1) is 24.8. The summed E-state index contributed by atoms with van der Waals surface area (Å²) >= 11 is 1.42. The van der Waals surface area contributed by atoms with Crippen molar-refractivity contribution in [1.82, 2.24) is 5.32 Å². The third-order valence-electron chi connectivity index (χ3n) is 7.78. The number of methoxy groups -OCH3 is 2. The molecule has 0 unspecified atom stereocenters. The number of anilines is 2. The summed E-state index contributed by atoms with van der Waals surface area (Å²) in [4.78, 5) is 49.3. The number of hydrogen-bond acceptors (Lipinski definition) is 8. The first-order valence-electron chi connectivity index (χ1n) is 15.8. The van der Waals surface area contributed by atoms with E-state index in [0.717, 1.165) is 16.8 Å². The van der Waals surface area contributed by atoms with Gasteiger partial charge in [0, 0.05) is 36.4 Å². The number of carboxylic acid groups (broad SMARTS) is 1. The summed E-state index contributed by atoms with van der Waals surface area (Å²) in [7, 11) is 3.16. The van der Waals surface area contributed by atoms with Crippen LogP contribution in [0.4, 0.5) is 24.5 Å². The van der Waals surface area contributed by atoms with E-state index in [4.69, 9.17) is 25.1 Å². The zero-order valence-electron chi connectivity index (χ0n) is 28.2. The Bertz CT molecular complexity index is 1860. The molecule has 4 aromatic carbocycles. The van der Waals surface area contributed by atoms with Crippen LogP contribution in [0, 0.1) is 0 Å². The number of alkyl halides is 3. The fourth-order valence-electron chi connectivity index (χ4n) is 5.17. The normalized spacial score (nSPS) is 15.2. The number of nitrogens with two attached hydrogens (primary N) is 1. The summed E-state index contributed by atoms with van der Waals surface area (Å²) in [6.07, 6.45) is -4.47. The van der Waals surface area contributed by atoms with Crippen LogP contribution in [-0.4, -0.2) is 61.0 Å². The molecule has 15 heteroatoms. The number of nitrogens with zero attached hydrogens (tertiary/aromatic N) is 1. The van der Waals surface area contributed by atoms with Crippen LogP contribution < -0.4 is 30.7 Å². The van der Waals surface area contributed by atoms with Gasteiger partial charge in [0.15, 0.2) is 11.5 Å². The number of carbonyl (C=O) groups is 4. The minimum atomic E-state index is -5.08. The van der Waals surface area contributed by atoms with Gasteiger partial charge in [0.25, 0.3) is 0 Å². The molecule has 0 bridgehead atoms. The molecule has 1 aliphatic heterocycles. The second-order valence-electron chi connectivity index (χ2n) is 11.4. The highest BCUT2D eigenvalue weighted by Gasteiger charge is 2.43. The smallest absolute Gasteiger partial charge is 0.490 e. The Labute approximate surface area is 302 Å². The van der Waals surface area contributed by atoms with Crippen LogP contribution in [0.2, 0.25) is 0 Å². The Balaban J connectivity index is 0.000000785. The number of primary amides is 1. The number of carboxylic acids is 1. The van der Waals surface area contributed by atoms with E-state index in [0.29, 0.717) is 42.3 Å². The van der Waals surface area contributed by atoms with E-state index in [1.165, 1.54) is 17.3 Å². The first-order valence-corrected chi connectivity index (χ1v) is 16.8. The molecule has 52 heavy (non-hydrogen) atoms. The van der Waals surface area contributed by atoms with Gasteiger partial charge in [0.1, 0.15) is 5.37 Å². The molecule has 4 aromatic rings. The van der Waals surface area contributed by atoms with Gasteiger partial charge in [0.2, 0.25) is 17.7 Å². The van der Waals surface area contributed by atoms with Crippen molar-refractivity contribution in [2.45, 2.75) is 36.2 Å². The number of nitrogens with one attached hydrogen (secondary N) is 2. The average molecular weight is 739 g/mol. The van der Waals surface area contributed by atoms with E-state index in [-0.39, 0.29) is 18.2 Å². The summed E-state index contributed by atoms with van der Waals surface area (Å²) in [5.74, 6) is -2.48. The highest BCUT2D eigenvalue weighted by Crippen LogP contribution is 2.47.